The number of nitrogens with zero attached hydrogens (tertiary/aromatic N) is 4. The molecule has 9 heteroatoms. The van der Waals surface area contributed by atoms with E-state index in [0.29, 0.717) is 11.5 Å². The summed E-state index contributed by atoms with van der Waals surface area (Å²) in [6.45, 7) is 5.18. The molecule has 0 bridgehead atoms. The summed E-state index contributed by atoms with van der Waals surface area (Å²) in [5, 5.41) is 14.6. The van der Waals surface area contributed by atoms with Crippen LogP contribution in [0.25, 0.3) is 33.1 Å². The van der Waals surface area contributed by atoms with E-state index in [9.17, 15) is 5.11 Å². The number of ether oxygens (including phenoxy) is 2. The Morgan fingerprint density at radius 2 is 1.58 bits per heavy atom. The topological polar surface area (TPSA) is 98.8 Å². The fraction of sp³-hybridized carbons (Fsp3) is 0.407. The Labute approximate surface area is 210 Å². The van der Waals surface area contributed by atoms with Crippen LogP contribution < -0.4 is 24.6 Å². The lowest BCUT2D eigenvalue weighted by molar-refractivity contribution is 0.145. The molecule has 2 fully saturated rings. The first-order chi connectivity index (χ1) is 17.6. The monoisotopic (exact) mass is 488 g/mol. The van der Waals surface area contributed by atoms with E-state index < -0.39 is 0 Å². The maximum Gasteiger partial charge on any atom is 0.228 e. The minimum atomic E-state index is -0.238. The predicted octanol–water partition coefficient (Wildman–Crippen LogP) is 3.17. The largest absolute Gasteiger partial charge is 0.493 e. The number of H-pyrrole nitrogens is 1. The SMILES string of the molecule is COc1ccc(-c2ccc3c(c2)[nH]c2c(N4CCC(O)CC4)nc(N4CCNCC4)nc23)cc1OC. The van der Waals surface area contributed by atoms with Crippen LogP contribution in [0.4, 0.5) is 11.8 Å². The highest BCUT2D eigenvalue weighted by atomic mass is 16.5. The van der Waals surface area contributed by atoms with Gasteiger partial charge in [-0.3, -0.25) is 0 Å². The molecule has 6 rings (SSSR count). The minimum absolute atomic E-state index is 0.238. The maximum absolute atomic E-state index is 10.1. The van der Waals surface area contributed by atoms with E-state index in [1.165, 1.54) is 0 Å². The third kappa shape index (κ3) is 4.08. The highest BCUT2D eigenvalue weighted by molar-refractivity contribution is 6.09. The van der Waals surface area contributed by atoms with Gasteiger partial charge in [-0.2, -0.15) is 4.98 Å². The Hall–Kier alpha value is -3.56. The average Bonchev–Trinajstić information content (AvgIpc) is 3.31. The number of anilines is 2. The third-order valence-corrected chi connectivity index (χ3v) is 7.29. The Balaban J connectivity index is 1.47. The zero-order chi connectivity index (χ0) is 24.6. The van der Waals surface area contributed by atoms with Crippen molar-refractivity contribution in [3.05, 3.63) is 36.4 Å². The first-order valence-electron chi connectivity index (χ1n) is 12.6. The molecule has 0 unspecified atom stereocenters. The fourth-order valence-corrected chi connectivity index (χ4v) is 5.24. The van der Waals surface area contributed by atoms with Gasteiger partial charge in [0, 0.05) is 50.2 Å². The highest BCUT2D eigenvalue weighted by Gasteiger charge is 2.25. The van der Waals surface area contributed by atoms with Crippen molar-refractivity contribution < 1.29 is 14.6 Å². The van der Waals surface area contributed by atoms with Crippen LogP contribution in [0, 0.1) is 0 Å². The predicted molar refractivity (Wildman–Crippen MR) is 142 cm³/mol. The number of fused-ring (bicyclic) bond motifs is 3. The van der Waals surface area contributed by atoms with E-state index >= 15 is 0 Å². The molecule has 2 saturated heterocycles. The first-order valence-corrected chi connectivity index (χ1v) is 12.6. The zero-order valence-electron chi connectivity index (χ0n) is 20.8. The van der Waals surface area contributed by atoms with Crippen molar-refractivity contribution in [2.75, 3.05) is 63.3 Å². The van der Waals surface area contributed by atoms with Crippen LogP contribution in [0.3, 0.4) is 0 Å². The van der Waals surface area contributed by atoms with E-state index in [1.807, 2.05) is 18.2 Å². The summed E-state index contributed by atoms with van der Waals surface area (Å²) >= 11 is 0. The molecule has 2 aromatic carbocycles. The third-order valence-electron chi connectivity index (χ3n) is 7.29. The molecular weight excluding hydrogens is 456 g/mol. The number of piperidine rings is 1. The van der Waals surface area contributed by atoms with Crippen LogP contribution in [0.15, 0.2) is 36.4 Å². The van der Waals surface area contributed by atoms with Crippen molar-refractivity contribution in [3.8, 4) is 22.6 Å². The number of nitrogens with one attached hydrogen (secondary N) is 2. The molecule has 2 aliphatic rings. The molecule has 4 heterocycles. The zero-order valence-corrected chi connectivity index (χ0v) is 20.8. The molecule has 9 nitrogen and oxygen atoms in total. The van der Waals surface area contributed by atoms with Crippen LogP contribution in [0.5, 0.6) is 11.5 Å². The smallest absolute Gasteiger partial charge is 0.228 e. The Kier molecular flexibility index (Phi) is 6.02. The molecule has 2 aliphatic heterocycles. The van der Waals surface area contributed by atoms with Crippen LogP contribution in [-0.2, 0) is 0 Å². The first kappa shape index (κ1) is 22.9. The summed E-state index contributed by atoms with van der Waals surface area (Å²) in [6.07, 6.45) is 1.26. The number of benzene rings is 2. The fourth-order valence-electron chi connectivity index (χ4n) is 5.24. The second-order valence-electron chi connectivity index (χ2n) is 9.48. The van der Waals surface area contributed by atoms with Crippen molar-refractivity contribution in [1.29, 1.82) is 0 Å². The molecule has 0 amide bonds. The van der Waals surface area contributed by atoms with E-state index in [-0.39, 0.29) is 6.10 Å². The van der Waals surface area contributed by atoms with Gasteiger partial charge in [-0.05, 0) is 42.2 Å². The molecular formula is C27H32N6O3. The minimum Gasteiger partial charge on any atom is -0.493 e. The molecule has 188 valence electrons. The number of aliphatic hydroxyl groups excluding tert-OH is 1. The van der Waals surface area contributed by atoms with Gasteiger partial charge in [0.2, 0.25) is 5.95 Å². The standard InChI is InChI=1S/C27H32N6O3/c1-35-22-6-4-18(16-23(22)36-2)17-3-5-20-21(15-17)29-25-24(20)30-27(33-13-9-28-10-14-33)31-26(25)32-11-7-19(34)8-12-32/h3-6,15-16,19,28-29,34H,7-14H2,1-2H3. The molecule has 0 atom stereocenters. The number of hydrogen-bond donors (Lipinski definition) is 3. The van der Waals surface area contributed by atoms with Crippen molar-refractivity contribution >= 4 is 33.7 Å². The second-order valence-corrected chi connectivity index (χ2v) is 9.48. The Morgan fingerprint density at radius 3 is 2.33 bits per heavy atom. The van der Waals surface area contributed by atoms with Gasteiger partial charge >= 0.3 is 0 Å². The number of methoxy groups -OCH3 is 2. The number of aromatic amines is 1. The lowest BCUT2D eigenvalue weighted by Gasteiger charge is -2.32. The van der Waals surface area contributed by atoms with Gasteiger partial charge in [-0.15, -0.1) is 0 Å². The lowest BCUT2D eigenvalue weighted by Crippen LogP contribution is -2.44. The van der Waals surface area contributed by atoms with E-state index in [2.05, 4.69) is 38.3 Å². The quantitative estimate of drug-likeness (QED) is 0.394. The second kappa shape index (κ2) is 9.48. The van der Waals surface area contributed by atoms with Gasteiger partial charge in [0.25, 0.3) is 0 Å². The van der Waals surface area contributed by atoms with Crippen molar-refractivity contribution in [3.63, 3.8) is 0 Å². The summed E-state index contributed by atoms with van der Waals surface area (Å²) in [4.78, 5) is 18.3. The van der Waals surface area contributed by atoms with Gasteiger partial charge in [0.15, 0.2) is 17.3 Å². The van der Waals surface area contributed by atoms with Crippen molar-refractivity contribution in [1.82, 2.24) is 20.3 Å². The van der Waals surface area contributed by atoms with Gasteiger partial charge < -0.3 is 34.7 Å². The summed E-state index contributed by atoms with van der Waals surface area (Å²) in [6, 6.07) is 12.4. The van der Waals surface area contributed by atoms with Gasteiger partial charge in [0.05, 0.1) is 20.3 Å². The lowest BCUT2D eigenvalue weighted by atomic mass is 10.0. The van der Waals surface area contributed by atoms with Gasteiger partial charge in [0.1, 0.15) is 11.0 Å². The van der Waals surface area contributed by atoms with E-state index in [1.54, 1.807) is 14.2 Å². The normalized spacial score (nSPS) is 17.2. The molecule has 36 heavy (non-hydrogen) atoms. The number of aliphatic hydroxyl groups is 1. The van der Waals surface area contributed by atoms with E-state index in [0.717, 1.165) is 96.9 Å². The highest BCUT2D eigenvalue weighted by Crippen LogP contribution is 2.37. The van der Waals surface area contributed by atoms with Crippen LogP contribution >= 0.6 is 0 Å². The summed E-state index contributed by atoms with van der Waals surface area (Å²) < 4.78 is 10.9. The molecule has 0 spiro atoms. The van der Waals surface area contributed by atoms with Crippen LogP contribution in [0.1, 0.15) is 12.8 Å². The van der Waals surface area contributed by atoms with Crippen molar-refractivity contribution in [2.45, 2.75) is 18.9 Å². The summed E-state index contributed by atoms with van der Waals surface area (Å²) in [5.74, 6) is 3.10. The molecule has 0 saturated carbocycles. The number of aromatic nitrogens is 3. The van der Waals surface area contributed by atoms with Gasteiger partial charge in [-0.25, -0.2) is 4.98 Å². The number of hydrogen-bond acceptors (Lipinski definition) is 8. The van der Waals surface area contributed by atoms with E-state index in [4.69, 9.17) is 19.4 Å². The Morgan fingerprint density at radius 1 is 0.861 bits per heavy atom. The average molecular weight is 489 g/mol. The van der Waals surface area contributed by atoms with Crippen LogP contribution in [0.2, 0.25) is 0 Å². The molecule has 0 aliphatic carbocycles. The number of rotatable bonds is 5. The number of piperazine rings is 1. The molecule has 4 aromatic rings. The molecule has 2 aromatic heterocycles. The summed E-state index contributed by atoms with van der Waals surface area (Å²) in [5.41, 5.74) is 5.03. The van der Waals surface area contributed by atoms with Crippen LogP contribution in [-0.4, -0.2) is 79.7 Å². The molecule has 0 radical (unpaired) electrons. The molecule has 3 N–H and O–H groups in total. The Bertz CT molecular complexity index is 1390. The van der Waals surface area contributed by atoms with Crippen molar-refractivity contribution in [2.24, 2.45) is 0 Å². The summed E-state index contributed by atoms with van der Waals surface area (Å²) in [7, 11) is 3.29. The van der Waals surface area contributed by atoms with Gasteiger partial charge in [-0.1, -0.05) is 18.2 Å². The maximum atomic E-state index is 10.1.